The van der Waals surface area contributed by atoms with E-state index >= 15 is 0 Å². The van der Waals surface area contributed by atoms with Crippen LogP contribution in [0.15, 0.2) is 6.07 Å². The summed E-state index contributed by atoms with van der Waals surface area (Å²) >= 11 is 6.20. The molecule has 1 atom stereocenters. The van der Waals surface area contributed by atoms with Crippen LogP contribution in [0.4, 0.5) is 0 Å². The quantitative estimate of drug-likeness (QED) is 0.871. The third kappa shape index (κ3) is 2.63. The molecule has 2 heterocycles. The molecule has 108 valence electrons. The van der Waals surface area contributed by atoms with E-state index in [1.165, 1.54) is 12.8 Å². The summed E-state index contributed by atoms with van der Waals surface area (Å²) in [6.07, 6.45) is 5.22. The molecule has 0 spiro atoms. The molecule has 2 aliphatic heterocycles. The number of carbonyl (C=O) groups is 1. The minimum atomic E-state index is 0.390. The maximum absolute atomic E-state index is 11.2. The van der Waals surface area contributed by atoms with Crippen molar-refractivity contribution in [2.75, 3.05) is 19.8 Å². The Hall–Kier alpha value is -1.26. The first-order valence-corrected chi connectivity index (χ1v) is 7.47. The molecule has 0 aromatic heterocycles. The Bertz CT molecular complexity index is 512. The van der Waals surface area contributed by atoms with Crippen molar-refractivity contribution in [3.63, 3.8) is 0 Å². The normalized spacial score (nSPS) is 21.6. The molecule has 3 rings (SSSR count). The lowest BCUT2D eigenvalue weighted by Gasteiger charge is -2.27. The molecule has 1 fully saturated rings. The van der Waals surface area contributed by atoms with Crippen molar-refractivity contribution >= 4 is 17.9 Å². The Balaban J connectivity index is 1.93. The second kappa shape index (κ2) is 6.02. The van der Waals surface area contributed by atoms with Crippen molar-refractivity contribution in [2.45, 2.75) is 31.7 Å². The highest BCUT2D eigenvalue weighted by Crippen LogP contribution is 2.41. The van der Waals surface area contributed by atoms with E-state index < -0.39 is 0 Å². The van der Waals surface area contributed by atoms with Crippen LogP contribution in [-0.4, -0.2) is 32.1 Å². The molecule has 0 amide bonds. The number of rotatable bonds is 3. The Morgan fingerprint density at radius 1 is 1.30 bits per heavy atom. The molecule has 1 unspecified atom stereocenters. The second-order valence-corrected chi connectivity index (χ2v) is 5.66. The molecule has 0 radical (unpaired) electrons. The van der Waals surface area contributed by atoms with Gasteiger partial charge in [-0.1, -0.05) is 18.0 Å². The molecule has 0 bridgehead atoms. The number of carbonyl (C=O) groups excluding carboxylic acids is 1. The Morgan fingerprint density at radius 3 is 2.80 bits per heavy atom. The van der Waals surface area contributed by atoms with Gasteiger partial charge in [-0.2, -0.15) is 0 Å². The summed E-state index contributed by atoms with van der Waals surface area (Å²) < 4.78 is 11.3. The van der Waals surface area contributed by atoms with Gasteiger partial charge in [-0.3, -0.25) is 4.79 Å². The summed E-state index contributed by atoms with van der Waals surface area (Å²) in [5.74, 6) is 1.19. The Labute approximate surface area is 123 Å². The van der Waals surface area contributed by atoms with Crippen LogP contribution in [0.2, 0.25) is 5.02 Å². The van der Waals surface area contributed by atoms with Gasteiger partial charge in [-0.15, -0.1) is 0 Å². The number of fused-ring (bicyclic) bond motifs is 1. The number of halogens is 1. The zero-order valence-electron chi connectivity index (χ0n) is 11.3. The smallest absolute Gasteiger partial charge is 0.173 e. The molecule has 1 N–H and O–H groups in total. The van der Waals surface area contributed by atoms with Crippen molar-refractivity contribution in [1.82, 2.24) is 5.32 Å². The first kappa shape index (κ1) is 13.7. The predicted molar refractivity (Wildman–Crippen MR) is 77.2 cm³/mol. The lowest BCUT2D eigenvalue weighted by molar-refractivity contribution is 0.111. The van der Waals surface area contributed by atoms with E-state index in [-0.39, 0.29) is 0 Å². The summed E-state index contributed by atoms with van der Waals surface area (Å²) in [4.78, 5) is 11.2. The average Bonchev–Trinajstić information content (AvgIpc) is 2.49. The number of nitrogens with one attached hydrogen (secondary N) is 1. The molecule has 0 saturated carbocycles. The van der Waals surface area contributed by atoms with E-state index in [0.29, 0.717) is 41.3 Å². The van der Waals surface area contributed by atoms with Crippen LogP contribution >= 0.6 is 11.6 Å². The molecule has 0 aliphatic carbocycles. The Morgan fingerprint density at radius 2 is 2.10 bits per heavy atom. The maximum atomic E-state index is 11.2. The van der Waals surface area contributed by atoms with Crippen LogP contribution in [0, 0.1) is 0 Å². The second-order valence-electron chi connectivity index (χ2n) is 5.26. The number of piperidine rings is 1. The molecule has 1 aromatic carbocycles. The summed E-state index contributed by atoms with van der Waals surface area (Å²) in [7, 11) is 0. The third-order valence-electron chi connectivity index (χ3n) is 3.87. The highest BCUT2D eigenvalue weighted by Gasteiger charge is 2.25. The monoisotopic (exact) mass is 295 g/mol. The van der Waals surface area contributed by atoms with Crippen molar-refractivity contribution in [3.05, 3.63) is 22.2 Å². The van der Waals surface area contributed by atoms with Crippen molar-refractivity contribution in [2.24, 2.45) is 0 Å². The highest BCUT2D eigenvalue weighted by atomic mass is 35.5. The van der Waals surface area contributed by atoms with Gasteiger partial charge in [0.15, 0.2) is 17.8 Å². The molecular weight excluding hydrogens is 278 g/mol. The average molecular weight is 296 g/mol. The zero-order chi connectivity index (χ0) is 13.9. The van der Waals surface area contributed by atoms with Gasteiger partial charge in [0.1, 0.15) is 13.2 Å². The molecule has 2 aliphatic rings. The van der Waals surface area contributed by atoms with Gasteiger partial charge in [0, 0.05) is 11.6 Å². The number of aldehydes is 1. The number of ether oxygens (including phenoxy) is 2. The summed E-state index contributed by atoms with van der Waals surface area (Å²) in [5, 5.41) is 3.95. The van der Waals surface area contributed by atoms with Gasteiger partial charge in [0.05, 0.1) is 10.6 Å². The molecule has 1 saturated heterocycles. The first-order chi connectivity index (χ1) is 9.79. The standard InChI is InChI=1S/C15H18ClNO3/c16-13-8-10(7-11-3-1-2-4-17-11)14-15(12(13)9-18)20-6-5-19-14/h8-9,11,17H,1-7H2. The van der Waals surface area contributed by atoms with Crippen LogP contribution in [0.5, 0.6) is 11.5 Å². The van der Waals surface area contributed by atoms with Crippen LogP contribution in [0.1, 0.15) is 35.2 Å². The topological polar surface area (TPSA) is 47.6 Å². The van der Waals surface area contributed by atoms with E-state index in [1.807, 2.05) is 6.07 Å². The van der Waals surface area contributed by atoms with Gasteiger partial charge in [-0.25, -0.2) is 0 Å². The minimum absolute atomic E-state index is 0.390. The number of benzene rings is 1. The van der Waals surface area contributed by atoms with E-state index in [4.69, 9.17) is 21.1 Å². The molecule has 4 nitrogen and oxygen atoms in total. The van der Waals surface area contributed by atoms with Crippen LogP contribution in [0.3, 0.4) is 0 Å². The third-order valence-corrected chi connectivity index (χ3v) is 4.19. The summed E-state index contributed by atoms with van der Waals surface area (Å²) in [5.41, 5.74) is 1.41. The molecular formula is C15H18ClNO3. The molecule has 20 heavy (non-hydrogen) atoms. The van der Waals surface area contributed by atoms with E-state index in [1.54, 1.807) is 0 Å². The minimum Gasteiger partial charge on any atom is -0.486 e. The lowest BCUT2D eigenvalue weighted by atomic mass is 9.96. The maximum Gasteiger partial charge on any atom is 0.173 e. The van der Waals surface area contributed by atoms with Crippen molar-refractivity contribution < 1.29 is 14.3 Å². The van der Waals surface area contributed by atoms with E-state index in [0.717, 1.165) is 31.2 Å². The summed E-state index contributed by atoms with van der Waals surface area (Å²) in [6.45, 7) is 2.03. The fraction of sp³-hybridized carbons (Fsp3) is 0.533. The lowest BCUT2D eigenvalue weighted by Crippen LogP contribution is -2.35. The van der Waals surface area contributed by atoms with E-state index in [9.17, 15) is 4.79 Å². The fourth-order valence-electron chi connectivity index (χ4n) is 2.89. The van der Waals surface area contributed by atoms with Crippen LogP contribution < -0.4 is 14.8 Å². The highest BCUT2D eigenvalue weighted by molar-refractivity contribution is 6.33. The largest absolute Gasteiger partial charge is 0.486 e. The Kier molecular flexibility index (Phi) is 4.13. The predicted octanol–water partition coefficient (Wildman–Crippen LogP) is 2.61. The van der Waals surface area contributed by atoms with Gasteiger partial charge >= 0.3 is 0 Å². The van der Waals surface area contributed by atoms with Crippen molar-refractivity contribution in [3.8, 4) is 11.5 Å². The number of hydrogen-bond donors (Lipinski definition) is 1. The van der Waals surface area contributed by atoms with Gasteiger partial charge in [0.2, 0.25) is 0 Å². The zero-order valence-corrected chi connectivity index (χ0v) is 12.0. The SMILES string of the molecule is O=Cc1c(Cl)cc(CC2CCCCN2)c2c1OCCO2. The summed E-state index contributed by atoms with van der Waals surface area (Å²) in [6, 6.07) is 2.28. The molecule has 5 heteroatoms. The van der Waals surface area contributed by atoms with Crippen LogP contribution in [0.25, 0.3) is 0 Å². The van der Waals surface area contributed by atoms with E-state index in [2.05, 4.69) is 5.32 Å². The molecule has 1 aromatic rings. The fourth-order valence-corrected chi connectivity index (χ4v) is 3.15. The number of hydrogen-bond acceptors (Lipinski definition) is 4. The van der Waals surface area contributed by atoms with Crippen molar-refractivity contribution in [1.29, 1.82) is 0 Å². The van der Waals surface area contributed by atoms with Crippen LogP contribution in [-0.2, 0) is 6.42 Å². The van der Waals surface area contributed by atoms with Gasteiger partial charge in [-0.05, 0) is 31.9 Å². The van der Waals surface area contributed by atoms with Gasteiger partial charge in [0.25, 0.3) is 0 Å². The first-order valence-electron chi connectivity index (χ1n) is 7.09. The van der Waals surface area contributed by atoms with Gasteiger partial charge < -0.3 is 14.8 Å².